The van der Waals surface area contributed by atoms with E-state index in [9.17, 15) is 5.11 Å². The molecular formula is C16H19BrOS. The van der Waals surface area contributed by atoms with E-state index >= 15 is 0 Å². The maximum Gasteiger partial charge on any atom is 0.0465 e. The molecule has 0 fully saturated rings. The SMILES string of the molecule is CCc1ccc(CC(CO)Cc2ccc(Br)cc2)s1. The molecule has 0 saturated carbocycles. The predicted octanol–water partition coefficient (Wildman–Crippen LogP) is 4.47. The molecule has 0 aliphatic heterocycles. The van der Waals surface area contributed by atoms with E-state index in [0.717, 1.165) is 23.7 Å². The van der Waals surface area contributed by atoms with Crippen LogP contribution in [-0.2, 0) is 19.3 Å². The van der Waals surface area contributed by atoms with Crippen LogP contribution in [0.15, 0.2) is 40.9 Å². The topological polar surface area (TPSA) is 20.2 Å². The molecule has 1 heterocycles. The molecule has 1 unspecified atom stereocenters. The van der Waals surface area contributed by atoms with Crippen LogP contribution in [0, 0.1) is 5.92 Å². The second-order valence-corrected chi connectivity index (χ2v) is 6.97. The lowest BCUT2D eigenvalue weighted by atomic mass is 9.96. The molecule has 0 spiro atoms. The summed E-state index contributed by atoms with van der Waals surface area (Å²) in [4.78, 5) is 2.81. The van der Waals surface area contributed by atoms with Crippen molar-refractivity contribution in [3.8, 4) is 0 Å². The van der Waals surface area contributed by atoms with Gasteiger partial charge in [0.2, 0.25) is 0 Å². The molecule has 0 aliphatic carbocycles. The van der Waals surface area contributed by atoms with Gasteiger partial charge >= 0.3 is 0 Å². The number of halogens is 1. The molecule has 1 atom stereocenters. The van der Waals surface area contributed by atoms with Crippen molar-refractivity contribution < 1.29 is 5.11 Å². The van der Waals surface area contributed by atoms with Crippen molar-refractivity contribution in [3.05, 3.63) is 56.2 Å². The minimum absolute atomic E-state index is 0.245. The van der Waals surface area contributed by atoms with Gasteiger partial charge in [0.25, 0.3) is 0 Å². The van der Waals surface area contributed by atoms with E-state index < -0.39 is 0 Å². The molecule has 0 bridgehead atoms. The highest BCUT2D eigenvalue weighted by Crippen LogP contribution is 2.22. The van der Waals surface area contributed by atoms with E-state index in [4.69, 9.17) is 0 Å². The van der Waals surface area contributed by atoms with E-state index in [2.05, 4.69) is 59.3 Å². The quantitative estimate of drug-likeness (QED) is 0.823. The zero-order valence-electron chi connectivity index (χ0n) is 11.1. The molecule has 0 amide bonds. The Labute approximate surface area is 127 Å². The van der Waals surface area contributed by atoms with Crippen LogP contribution in [0.25, 0.3) is 0 Å². The molecule has 3 heteroatoms. The van der Waals surface area contributed by atoms with Crippen LogP contribution in [-0.4, -0.2) is 11.7 Å². The van der Waals surface area contributed by atoms with Gasteiger partial charge in [0.1, 0.15) is 0 Å². The number of rotatable bonds is 6. The minimum atomic E-state index is 0.245. The zero-order chi connectivity index (χ0) is 13.7. The van der Waals surface area contributed by atoms with Crippen LogP contribution in [0.2, 0.25) is 0 Å². The Balaban J connectivity index is 1.98. The average Bonchev–Trinajstić information content (AvgIpc) is 2.88. The van der Waals surface area contributed by atoms with Crippen molar-refractivity contribution in [1.82, 2.24) is 0 Å². The van der Waals surface area contributed by atoms with Gasteiger partial charge in [-0.15, -0.1) is 11.3 Å². The Kier molecular flexibility index (Phi) is 5.61. The van der Waals surface area contributed by atoms with Crippen molar-refractivity contribution in [2.45, 2.75) is 26.2 Å². The van der Waals surface area contributed by atoms with Crippen molar-refractivity contribution in [2.75, 3.05) is 6.61 Å². The Morgan fingerprint density at radius 2 is 1.74 bits per heavy atom. The summed E-state index contributed by atoms with van der Waals surface area (Å²) in [7, 11) is 0. The molecule has 1 aromatic heterocycles. The van der Waals surface area contributed by atoms with Crippen LogP contribution >= 0.6 is 27.3 Å². The summed E-state index contributed by atoms with van der Waals surface area (Å²) in [6.07, 6.45) is 3.00. The number of hydrogen-bond acceptors (Lipinski definition) is 2. The Hall–Kier alpha value is -0.640. The van der Waals surface area contributed by atoms with Crippen LogP contribution in [0.1, 0.15) is 22.2 Å². The average molecular weight is 339 g/mol. The largest absolute Gasteiger partial charge is 0.396 e. The first-order chi connectivity index (χ1) is 9.21. The lowest BCUT2D eigenvalue weighted by Gasteiger charge is -2.13. The molecule has 102 valence electrons. The van der Waals surface area contributed by atoms with E-state index in [-0.39, 0.29) is 6.61 Å². The standard InChI is InChI=1S/C16H19BrOS/c1-2-15-7-8-16(19-15)10-13(11-18)9-12-3-5-14(17)6-4-12/h3-8,13,18H,2,9-11H2,1H3. The molecular weight excluding hydrogens is 320 g/mol. The third kappa shape index (κ3) is 4.44. The van der Waals surface area contributed by atoms with Crippen LogP contribution in [0.5, 0.6) is 0 Å². The van der Waals surface area contributed by atoms with E-state index in [0.29, 0.717) is 5.92 Å². The minimum Gasteiger partial charge on any atom is -0.396 e. The molecule has 2 rings (SSSR count). The molecule has 0 radical (unpaired) electrons. The maximum absolute atomic E-state index is 9.56. The predicted molar refractivity (Wildman–Crippen MR) is 85.8 cm³/mol. The van der Waals surface area contributed by atoms with Gasteiger partial charge in [-0.3, -0.25) is 0 Å². The first-order valence-electron chi connectivity index (χ1n) is 6.64. The summed E-state index contributed by atoms with van der Waals surface area (Å²) >= 11 is 5.32. The highest BCUT2D eigenvalue weighted by molar-refractivity contribution is 9.10. The molecule has 1 N–H and O–H groups in total. The first-order valence-corrected chi connectivity index (χ1v) is 8.25. The summed E-state index contributed by atoms with van der Waals surface area (Å²) in [6, 6.07) is 12.8. The summed E-state index contributed by atoms with van der Waals surface area (Å²) in [5, 5.41) is 9.56. The normalized spacial score (nSPS) is 12.6. The van der Waals surface area contributed by atoms with E-state index in [1.807, 2.05) is 11.3 Å². The summed E-state index contributed by atoms with van der Waals surface area (Å²) in [5.74, 6) is 0.310. The van der Waals surface area contributed by atoms with Crippen LogP contribution in [0.3, 0.4) is 0 Å². The smallest absolute Gasteiger partial charge is 0.0465 e. The third-order valence-corrected chi connectivity index (χ3v) is 5.03. The monoisotopic (exact) mass is 338 g/mol. The molecule has 1 nitrogen and oxygen atoms in total. The van der Waals surface area contributed by atoms with E-state index in [1.165, 1.54) is 15.3 Å². The van der Waals surface area contributed by atoms with Gasteiger partial charge in [-0.1, -0.05) is 35.0 Å². The van der Waals surface area contributed by atoms with Gasteiger partial charge in [0.05, 0.1) is 0 Å². The van der Waals surface area contributed by atoms with Crippen molar-refractivity contribution in [2.24, 2.45) is 5.92 Å². The number of aryl methyl sites for hydroxylation is 1. The molecule has 1 aromatic carbocycles. The highest BCUT2D eigenvalue weighted by Gasteiger charge is 2.11. The fourth-order valence-corrected chi connectivity index (χ4v) is 3.50. The number of aliphatic hydroxyl groups is 1. The van der Waals surface area contributed by atoms with Crippen molar-refractivity contribution in [3.63, 3.8) is 0 Å². The van der Waals surface area contributed by atoms with Gasteiger partial charge in [0.15, 0.2) is 0 Å². The second-order valence-electron chi connectivity index (χ2n) is 4.80. The Bertz CT molecular complexity index is 504. The Morgan fingerprint density at radius 3 is 2.32 bits per heavy atom. The van der Waals surface area contributed by atoms with Crippen LogP contribution in [0.4, 0.5) is 0 Å². The third-order valence-electron chi connectivity index (χ3n) is 3.25. The zero-order valence-corrected chi connectivity index (χ0v) is 13.5. The van der Waals surface area contributed by atoms with Gasteiger partial charge in [-0.25, -0.2) is 0 Å². The molecule has 0 saturated heterocycles. The number of aliphatic hydroxyl groups excluding tert-OH is 1. The van der Waals surface area contributed by atoms with Crippen molar-refractivity contribution in [1.29, 1.82) is 0 Å². The first kappa shape index (κ1) is 14.8. The molecule has 2 aromatic rings. The van der Waals surface area contributed by atoms with Gasteiger partial charge in [0, 0.05) is 20.8 Å². The van der Waals surface area contributed by atoms with Crippen LogP contribution < -0.4 is 0 Å². The lowest BCUT2D eigenvalue weighted by Crippen LogP contribution is -2.12. The molecule has 19 heavy (non-hydrogen) atoms. The van der Waals surface area contributed by atoms with Crippen molar-refractivity contribution >= 4 is 27.3 Å². The molecule has 0 aliphatic rings. The summed E-state index contributed by atoms with van der Waals surface area (Å²) in [6.45, 7) is 2.43. The number of thiophene rings is 1. The van der Waals surface area contributed by atoms with Gasteiger partial charge < -0.3 is 5.11 Å². The Morgan fingerprint density at radius 1 is 1.05 bits per heavy atom. The second kappa shape index (κ2) is 7.22. The maximum atomic E-state index is 9.56. The van der Waals surface area contributed by atoms with E-state index in [1.54, 1.807) is 0 Å². The number of benzene rings is 1. The fourth-order valence-electron chi connectivity index (χ4n) is 2.16. The van der Waals surface area contributed by atoms with Gasteiger partial charge in [-0.2, -0.15) is 0 Å². The highest BCUT2D eigenvalue weighted by atomic mass is 79.9. The fraction of sp³-hybridized carbons (Fsp3) is 0.375. The summed E-state index contributed by atoms with van der Waals surface area (Å²) < 4.78 is 1.10. The lowest BCUT2D eigenvalue weighted by molar-refractivity contribution is 0.225. The van der Waals surface area contributed by atoms with Gasteiger partial charge in [-0.05, 0) is 55.0 Å². The summed E-state index contributed by atoms with van der Waals surface area (Å²) in [5.41, 5.74) is 1.29. The number of hydrogen-bond donors (Lipinski definition) is 1.